The first-order chi connectivity index (χ1) is 6.80. The maximum atomic E-state index is 5.28. The minimum absolute atomic E-state index is 0.0757. The number of hydrogen-bond donors (Lipinski definition) is 1. The summed E-state index contributed by atoms with van der Waals surface area (Å²) in [6.07, 6.45) is 1.10. The Morgan fingerprint density at radius 2 is 1.93 bits per heavy atom. The Morgan fingerprint density at radius 3 is 2.29 bits per heavy atom. The van der Waals surface area contributed by atoms with E-state index in [0.29, 0.717) is 0 Å². The van der Waals surface area contributed by atoms with Gasteiger partial charge in [0.2, 0.25) is 0 Å². The Morgan fingerprint density at radius 1 is 1.29 bits per heavy atom. The maximum absolute atomic E-state index is 5.28. The molecule has 0 radical (unpaired) electrons. The largest absolute Gasteiger partial charge is 0.377 e. The minimum Gasteiger partial charge on any atom is -0.377 e. The number of aryl methyl sites for hydroxylation is 1. The van der Waals surface area contributed by atoms with E-state index < -0.39 is 0 Å². The summed E-state index contributed by atoms with van der Waals surface area (Å²) in [5.41, 5.74) is 2.80. The molecule has 1 fully saturated rings. The molecule has 1 N–H and O–H groups in total. The van der Waals surface area contributed by atoms with Crippen LogP contribution >= 0.6 is 0 Å². The molecular weight excluding hydrogens is 174 g/mol. The van der Waals surface area contributed by atoms with Gasteiger partial charge in [-0.3, -0.25) is 0 Å². The second kappa shape index (κ2) is 3.71. The SMILES string of the molecule is CCc1ccc(C2(NC)COC2)cc1. The first kappa shape index (κ1) is 9.69. The van der Waals surface area contributed by atoms with Crippen LogP contribution in [-0.4, -0.2) is 20.3 Å². The van der Waals surface area contributed by atoms with Crippen LogP contribution in [0.25, 0.3) is 0 Å². The van der Waals surface area contributed by atoms with E-state index in [4.69, 9.17) is 4.74 Å². The zero-order valence-corrected chi connectivity index (χ0v) is 8.84. The van der Waals surface area contributed by atoms with Crippen molar-refractivity contribution in [2.45, 2.75) is 18.9 Å². The minimum atomic E-state index is 0.0757. The Hall–Kier alpha value is -0.860. The zero-order valence-electron chi connectivity index (χ0n) is 8.84. The summed E-state index contributed by atoms with van der Waals surface area (Å²) in [7, 11) is 2.00. The molecule has 0 atom stereocenters. The van der Waals surface area contributed by atoms with Crippen LogP contribution in [0.1, 0.15) is 18.1 Å². The molecule has 1 aromatic rings. The van der Waals surface area contributed by atoms with Gasteiger partial charge >= 0.3 is 0 Å². The van der Waals surface area contributed by atoms with Gasteiger partial charge in [-0.2, -0.15) is 0 Å². The Labute approximate surface area is 85.3 Å². The van der Waals surface area contributed by atoms with E-state index in [1.807, 2.05) is 7.05 Å². The third-order valence-electron chi connectivity index (χ3n) is 3.09. The molecule has 0 aliphatic carbocycles. The van der Waals surface area contributed by atoms with Gasteiger partial charge < -0.3 is 10.1 Å². The Balaban J connectivity index is 2.23. The number of rotatable bonds is 3. The summed E-state index contributed by atoms with van der Waals surface area (Å²) in [5, 5.41) is 3.34. The fourth-order valence-electron chi connectivity index (χ4n) is 1.82. The van der Waals surface area contributed by atoms with E-state index >= 15 is 0 Å². The van der Waals surface area contributed by atoms with Gasteiger partial charge in [0.25, 0.3) is 0 Å². The number of likely N-dealkylation sites (N-methyl/N-ethyl adjacent to an activating group) is 1. The van der Waals surface area contributed by atoms with Crippen molar-refractivity contribution in [3.63, 3.8) is 0 Å². The van der Waals surface area contributed by atoms with Crippen LogP contribution in [-0.2, 0) is 16.7 Å². The van der Waals surface area contributed by atoms with E-state index in [-0.39, 0.29) is 5.54 Å². The molecule has 2 heteroatoms. The van der Waals surface area contributed by atoms with Gasteiger partial charge in [-0.1, -0.05) is 31.2 Å². The quantitative estimate of drug-likeness (QED) is 0.785. The van der Waals surface area contributed by atoms with E-state index in [1.165, 1.54) is 11.1 Å². The van der Waals surface area contributed by atoms with Crippen molar-refractivity contribution in [1.82, 2.24) is 5.32 Å². The molecule has 76 valence electrons. The van der Waals surface area contributed by atoms with E-state index in [9.17, 15) is 0 Å². The second-order valence-corrected chi connectivity index (χ2v) is 3.88. The van der Waals surface area contributed by atoms with Gasteiger partial charge in [0.15, 0.2) is 0 Å². The maximum Gasteiger partial charge on any atom is 0.0906 e. The van der Waals surface area contributed by atoms with Crippen molar-refractivity contribution in [2.75, 3.05) is 20.3 Å². The predicted octanol–water partition coefficient (Wildman–Crippen LogP) is 1.69. The Kier molecular flexibility index (Phi) is 2.57. The van der Waals surface area contributed by atoms with Crippen LogP contribution in [0, 0.1) is 0 Å². The predicted molar refractivity (Wildman–Crippen MR) is 57.4 cm³/mol. The fourth-order valence-corrected chi connectivity index (χ4v) is 1.82. The van der Waals surface area contributed by atoms with Gasteiger partial charge in [0.1, 0.15) is 0 Å². The van der Waals surface area contributed by atoms with Gasteiger partial charge in [0.05, 0.1) is 18.8 Å². The molecule has 1 aliphatic rings. The molecule has 0 spiro atoms. The fraction of sp³-hybridized carbons (Fsp3) is 0.500. The summed E-state index contributed by atoms with van der Waals surface area (Å²) in [6.45, 7) is 3.75. The van der Waals surface area contributed by atoms with Crippen LogP contribution < -0.4 is 5.32 Å². The van der Waals surface area contributed by atoms with E-state index in [0.717, 1.165) is 19.6 Å². The molecule has 14 heavy (non-hydrogen) atoms. The third-order valence-corrected chi connectivity index (χ3v) is 3.09. The highest BCUT2D eigenvalue weighted by Gasteiger charge is 2.38. The highest BCUT2D eigenvalue weighted by molar-refractivity contribution is 5.30. The lowest BCUT2D eigenvalue weighted by molar-refractivity contribution is -0.0747. The van der Waals surface area contributed by atoms with Crippen LogP contribution in [0.5, 0.6) is 0 Å². The summed E-state index contributed by atoms with van der Waals surface area (Å²) in [5.74, 6) is 0. The summed E-state index contributed by atoms with van der Waals surface area (Å²) in [6, 6.07) is 8.81. The van der Waals surface area contributed by atoms with E-state index in [1.54, 1.807) is 0 Å². The zero-order chi connectivity index (χ0) is 10.0. The van der Waals surface area contributed by atoms with Gasteiger partial charge in [-0.05, 0) is 24.6 Å². The Bertz CT molecular complexity index is 295. The third kappa shape index (κ3) is 1.45. The molecule has 2 nitrogen and oxygen atoms in total. The summed E-state index contributed by atoms with van der Waals surface area (Å²) < 4.78 is 5.28. The standard InChI is InChI=1S/C12H17NO/c1-3-10-4-6-11(7-5-10)12(13-2)8-14-9-12/h4-7,13H,3,8-9H2,1-2H3. The molecule has 0 bridgehead atoms. The van der Waals surface area contributed by atoms with Crippen molar-refractivity contribution in [3.05, 3.63) is 35.4 Å². The van der Waals surface area contributed by atoms with E-state index in [2.05, 4.69) is 36.5 Å². The van der Waals surface area contributed by atoms with Crippen LogP contribution in [0.2, 0.25) is 0 Å². The smallest absolute Gasteiger partial charge is 0.0906 e. The summed E-state index contributed by atoms with van der Waals surface area (Å²) >= 11 is 0. The van der Waals surface area contributed by atoms with Crippen molar-refractivity contribution in [2.24, 2.45) is 0 Å². The van der Waals surface area contributed by atoms with Crippen molar-refractivity contribution in [1.29, 1.82) is 0 Å². The molecule has 0 saturated carbocycles. The number of ether oxygens (including phenoxy) is 1. The number of benzene rings is 1. The molecule has 0 unspecified atom stereocenters. The van der Waals surface area contributed by atoms with Crippen molar-refractivity contribution in [3.8, 4) is 0 Å². The van der Waals surface area contributed by atoms with Crippen LogP contribution in [0.15, 0.2) is 24.3 Å². The topological polar surface area (TPSA) is 21.3 Å². The lowest BCUT2D eigenvalue weighted by atomic mass is 9.87. The van der Waals surface area contributed by atoms with Crippen LogP contribution in [0.4, 0.5) is 0 Å². The van der Waals surface area contributed by atoms with Crippen molar-refractivity contribution >= 4 is 0 Å². The second-order valence-electron chi connectivity index (χ2n) is 3.88. The molecule has 1 saturated heterocycles. The normalized spacial score (nSPS) is 19.0. The molecular formula is C12H17NO. The molecule has 2 rings (SSSR count). The lowest BCUT2D eigenvalue weighted by Crippen LogP contribution is -2.56. The monoisotopic (exact) mass is 191 g/mol. The van der Waals surface area contributed by atoms with Crippen molar-refractivity contribution < 1.29 is 4.74 Å². The van der Waals surface area contributed by atoms with Gasteiger partial charge in [0, 0.05) is 0 Å². The summed E-state index contributed by atoms with van der Waals surface area (Å²) in [4.78, 5) is 0. The first-order valence-corrected chi connectivity index (χ1v) is 5.17. The average Bonchev–Trinajstić information content (AvgIpc) is 2.18. The molecule has 0 amide bonds. The molecule has 1 aromatic carbocycles. The first-order valence-electron chi connectivity index (χ1n) is 5.17. The highest BCUT2D eigenvalue weighted by Crippen LogP contribution is 2.29. The van der Waals surface area contributed by atoms with Gasteiger partial charge in [-0.25, -0.2) is 0 Å². The number of hydrogen-bond acceptors (Lipinski definition) is 2. The van der Waals surface area contributed by atoms with Crippen LogP contribution in [0.3, 0.4) is 0 Å². The molecule has 0 aromatic heterocycles. The number of nitrogens with one attached hydrogen (secondary N) is 1. The van der Waals surface area contributed by atoms with Gasteiger partial charge in [-0.15, -0.1) is 0 Å². The average molecular weight is 191 g/mol. The highest BCUT2D eigenvalue weighted by atomic mass is 16.5. The molecule has 1 heterocycles. The lowest BCUT2D eigenvalue weighted by Gasteiger charge is -2.41. The molecule has 1 aliphatic heterocycles.